The highest BCUT2D eigenvalue weighted by atomic mass is 16.2. The van der Waals surface area contributed by atoms with Crippen molar-refractivity contribution < 1.29 is 4.79 Å². The van der Waals surface area contributed by atoms with E-state index in [-0.39, 0.29) is 6.03 Å². The molecule has 1 aromatic carbocycles. The second-order valence-electron chi connectivity index (χ2n) is 5.65. The first kappa shape index (κ1) is 15.8. The van der Waals surface area contributed by atoms with E-state index in [1.54, 1.807) is 23.3 Å². The average Bonchev–Trinajstić information content (AvgIpc) is 3.31. The predicted octanol–water partition coefficient (Wildman–Crippen LogP) is 2.95. The van der Waals surface area contributed by atoms with Gasteiger partial charge in [-0.05, 0) is 36.8 Å². The van der Waals surface area contributed by atoms with Crippen LogP contribution in [-0.4, -0.2) is 37.3 Å². The van der Waals surface area contributed by atoms with E-state index in [2.05, 4.69) is 30.7 Å². The molecule has 0 aliphatic heterocycles. The molecule has 0 spiro atoms. The predicted molar refractivity (Wildman–Crippen MR) is 99.1 cm³/mol. The Bertz CT molecular complexity index is 1040. The molecule has 8 heteroatoms. The Morgan fingerprint density at radius 3 is 2.88 bits per heavy atom. The number of carbonyl (C=O) groups excluding carboxylic acids is 1. The van der Waals surface area contributed by atoms with Crippen LogP contribution in [0.3, 0.4) is 0 Å². The van der Waals surface area contributed by atoms with Crippen molar-refractivity contribution in [2.45, 2.75) is 6.92 Å². The van der Waals surface area contributed by atoms with Crippen LogP contribution in [0.25, 0.3) is 27.8 Å². The van der Waals surface area contributed by atoms with Gasteiger partial charge in [-0.2, -0.15) is 5.10 Å². The minimum Gasteiger partial charge on any atom is -0.338 e. The van der Waals surface area contributed by atoms with E-state index in [0.717, 1.165) is 27.8 Å². The third-order valence-electron chi connectivity index (χ3n) is 3.89. The third kappa shape index (κ3) is 3.00. The number of nitrogens with zero attached hydrogens (tertiary/aromatic N) is 4. The molecular formula is C18H17N7O. The average molecular weight is 347 g/mol. The van der Waals surface area contributed by atoms with Crippen molar-refractivity contribution in [2.24, 2.45) is 0 Å². The van der Waals surface area contributed by atoms with Crippen LogP contribution in [0.2, 0.25) is 0 Å². The number of aromatic nitrogens is 5. The minimum atomic E-state index is -0.306. The largest absolute Gasteiger partial charge is 0.338 e. The summed E-state index contributed by atoms with van der Waals surface area (Å²) in [4.78, 5) is 23.6. The van der Waals surface area contributed by atoms with E-state index in [0.29, 0.717) is 12.5 Å². The van der Waals surface area contributed by atoms with Crippen molar-refractivity contribution >= 4 is 23.0 Å². The van der Waals surface area contributed by atoms with Gasteiger partial charge in [0.25, 0.3) is 0 Å². The summed E-state index contributed by atoms with van der Waals surface area (Å²) in [6.07, 6.45) is 7.11. The Balaban J connectivity index is 1.85. The van der Waals surface area contributed by atoms with E-state index >= 15 is 0 Å². The van der Waals surface area contributed by atoms with Crippen LogP contribution in [-0.2, 0) is 0 Å². The number of amides is 2. The summed E-state index contributed by atoms with van der Waals surface area (Å²) in [5.41, 5.74) is 4.29. The highest BCUT2D eigenvalue weighted by Crippen LogP contribution is 2.29. The van der Waals surface area contributed by atoms with Crippen LogP contribution in [0, 0.1) is 0 Å². The number of pyridine rings is 1. The Morgan fingerprint density at radius 1 is 1.23 bits per heavy atom. The van der Waals surface area contributed by atoms with Gasteiger partial charge in [-0.3, -0.25) is 10.3 Å². The van der Waals surface area contributed by atoms with Crippen LogP contribution in [0.5, 0.6) is 0 Å². The molecule has 0 aliphatic rings. The molecule has 4 rings (SSSR count). The van der Waals surface area contributed by atoms with E-state index in [1.165, 1.54) is 0 Å². The first-order valence-electron chi connectivity index (χ1n) is 8.23. The lowest BCUT2D eigenvalue weighted by molar-refractivity contribution is 0.252. The summed E-state index contributed by atoms with van der Waals surface area (Å²) >= 11 is 0. The molecule has 2 amide bonds. The topological polar surface area (TPSA) is 101 Å². The fourth-order valence-electron chi connectivity index (χ4n) is 2.76. The van der Waals surface area contributed by atoms with Gasteiger partial charge >= 0.3 is 6.03 Å². The maximum atomic E-state index is 11.8. The molecule has 0 unspecified atom stereocenters. The number of hydrogen-bond acceptors (Lipinski definition) is 4. The number of benzene rings is 1. The molecule has 3 N–H and O–H groups in total. The fourth-order valence-corrected chi connectivity index (χ4v) is 2.76. The molecule has 0 fully saturated rings. The zero-order valence-corrected chi connectivity index (χ0v) is 14.1. The fraction of sp³-hybridized carbons (Fsp3) is 0.111. The Hall–Kier alpha value is -3.68. The van der Waals surface area contributed by atoms with Crippen molar-refractivity contribution in [3.63, 3.8) is 0 Å². The number of nitrogens with one attached hydrogen (secondary N) is 3. The zero-order chi connectivity index (χ0) is 17.9. The van der Waals surface area contributed by atoms with Crippen LogP contribution < -0.4 is 10.6 Å². The molecule has 0 radical (unpaired) electrons. The second-order valence-corrected chi connectivity index (χ2v) is 5.65. The van der Waals surface area contributed by atoms with Crippen LogP contribution in [0.1, 0.15) is 6.92 Å². The lowest BCUT2D eigenvalue weighted by Crippen LogP contribution is -2.28. The number of carbonyl (C=O) groups is 1. The van der Waals surface area contributed by atoms with Gasteiger partial charge in [0.15, 0.2) is 0 Å². The quantitative estimate of drug-likeness (QED) is 0.528. The van der Waals surface area contributed by atoms with Crippen molar-refractivity contribution in [3.8, 4) is 16.8 Å². The smallest absolute Gasteiger partial charge is 0.321 e. The molecule has 3 heterocycles. The van der Waals surface area contributed by atoms with Crippen LogP contribution >= 0.6 is 0 Å². The van der Waals surface area contributed by atoms with Gasteiger partial charge in [0.2, 0.25) is 5.95 Å². The van der Waals surface area contributed by atoms with Crippen molar-refractivity contribution in [1.82, 2.24) is 30.0 Å². The molecule has 3 aromatic heterocycles. The van der Waals surface area contributed by atoms with Gasteiger partial charge in [-0.25, -0.2) is 14.5 Å². The standard InChI is InChI=1S/C18H17N7O/c1-2-20-18(26)24-17-22-14-9-13(12-5-3-6-19-11-12)10-15(16(14)23-17)25-8-4-7-21-25/h3-11H,2H2,1H3,(H3,20,22,23,24,26). The summed E-state index contributed by atoms with van der Waals surface area (Å²) in [6, 6.07) is 9.40. The van der Waals surface area contributed by atoms with E-state index < -0.39 is 0 Å². The zero-order valence-electron chi connectivity index (χ0n) is 14.1. The van der Waals surface area contributed by atoms with Crippen LogP contribution in [0.4, 0.5) is 10.7 Å². The van der Waals surface area contributed by atoms with Gasteiger partial charge in [0, 0.05) is 36.9 Å². The number of urea groups is 1. The molecule has 0 atom stereocenters. The normalized spacial score (nSPS) is 10.8. The number of H-pyrrole nitrogens is 1. The number of anilines is 1. The maximum Gasteiger partial charge on any atom is 0.321 e. The molecule has 0 aliphatic carbocycles. The Morgan fingerprint density at radius 2 is 2.15 bits per heavy atom. The Kier molecular flexibility index (Phi) is 4.06. The van der Waals surface area contributed by atoms with Gasteiger partial charge < -0.3 is 10.3 Å². The molecule has 0 saturated carbocycles. The van der Waals surface area contributed by atoms with E-state index in [1.807, 2.05) is 43.5 Å². The highest BCUT2D eigenvalue weighted by molar-refractivity contribution is 5.94. The molecule has 26 heavy (non-hydrogen) atoms. The molecule has 130 valence electrons. The third-order valence-corrected chi connectivity index (χ3v) is 3.89. The monoisotopic (exact) mass is 347 g/mol. The summed E-state index contributed by atoms with van der Waals surface area (Å²) in [5.74, 6) is 0.377. The highest BCUT2D eigenvalue weighted by Gasteiger charge is 2.13. The second kappa shape index (κ2) is 6.67. The Labute approximate surface area is 149 Å². The number of hydrogen-bond donors (Lipinski definition) is 3. The molecule has 0 saturated heterocycles. The number of aromatic amines is 1. The number of imidazole rings is 1. The lowest BCUT2D eigenvalue weighted by Gasteiger charge is -2.07. The SMILES string of the molecule is CCNC(=O)Nc1nc2cc(-c3cccnc3)cc(-n3cccn3)c2[nH]1. The van der Waals surface area contributed by atoms with Gasteiger partial charge in [-0.1, -0.05) is 6.07 Å². The molecule has 4 aromatic rings. The van der Waals surface area contributed by atoms with Gasteiger partial charge in [-0.15, -0.1) is 0 Å². The van der Waals surface area contributed by atoms with Crippen molar-refractivity contribution in [3.05, 3.63) is 55.1 Å². The molecule has 0 bridgehead atoms. The van der Waals surface area contributed by atoms with Crippen molar-refractivity contribution in [1.29, 1.82) is 0 Å². The van der Waals surface area contributed by atoms with Crippen LogP contribution in [0.15, 0.2) is 55.1 Å². The number of fused-ring (bicyclic) bond motifs is 1. The lowest BCUT2D eigenvalue weighted by atomic mass is 10.1. The minimum absolute atomic E-state index is 0.306. The van der Waals surface area contributed by atoms with Crippen molar-refractivity contribution in [2.75, 3.05) is 11.9 Å². The molecule has 8 nitrogen and oxygen atoms in total. The summed E-state index contributed by atoms with van der Waals surface area (Å²) in [6.45, 7) is 2.39. The van der Waals surface area contributed by atoms with E-state index in [9.17, 15) is 4.79 Å². The summed E-state index contributed by atoms with van der Waals surface area (Å²) in [7, 11) is 0. The molecular weight excluding hydrogens is 330 g/mol. The van der Waals surface area contributed by atoms with Gasteiger partial charge in [0.05, 0.1) is 16.7 Å². The van der Waals surface area contributed by atoms with Gasteiger partial charge in [0.1, 0.15) is 0 Å². The summed E-state index contributed by atoms with van der Waals surface area (Å²) in [5, 5.41) is 9.71. The summed E-state index contributed by atoms with van der Waals surface area (Å²) < 4.78 is 1.76. The first-order valence-corrected chi connectivity index (χ1v) is 8.23. The first-order chi connectivity index (χ1) is 12.7. The van der Waals surface area contributed by atoms with E-state index in [4.69, 9.17) is 0 Å². The maximum absolute atomic E-state index is 11.8. The number of rotatable bonds is 4.